The van der Waals surface area contributed by atoms with Crippen molar-refractivity contribution < 1.29 is 0 Å². The average molecular weight is 622 g/mol. The Bertz CT molecular complexity index is 2600. The van der Waals surface area contributed by atoms with Crippen LogP contribution in [0.4, 0.5) is 0 Å². The summed E-state index contributed by atoms with van der Waals surface area (Å²) >= 11 is 1.92. The van der Waals surface area contributed by atoms with Crippen LogP contribution in [-0.2, 0) is 11.8 Å². The Hall–Kier alpha value is -5.32. The molecule has 0 spiro atoms. The first kappa shape index (κ1) is 26.9. The van der Waals surface area contributed by atoms with E-state index in [-0.39, 0.29) is 5.41 Å². The second-order valence-corrected chi connectivity index (χ2v) is 14.4. The number of aryl methyl sites for hydroxylation is 1. The van der Waals surface area contributed by atoms with Crippen LogP contribution in [0.1, 0.15) is 41.8 Å². The highest BCUT2D eigenvalue weighted by molar-refractivity contribution is 7.20. The maximum atomic E-state index is 4.76. The lowest BCUT2D eigenvalue weighted by molar-refractivity contribution is 0.660. The zero-order chi connectivity index (χ0) is 31.3. The molecule has 0 amide bonds. The Kier molecular flexibility index (Phi) is 5.62. The summed E-state index contributed by atoms with van der Waals surface area (Å²) in [5, 5.41) is 13.2. The summed E-state index contributed by atoms with van der Waals surface area (Å²) in [5.41, 5.74) is 13.7. The highest BCUT2D eigenvalue weighted by Gasteiger charge is 2.35. The largest absolute Gasteiger partial charge is 0.281 e. The molecule has 10 rings (SSSR count). The number of aromatic nitrogens is 3. The fourth-order valence-corrected chi connectivity index (χ4v) is 9.35. The summed E-state index contributed by atoms with van der Waals surface area (Å²) in [7, 11) is 0. The van der Waals surface area contributed by atoms with Crippen molar-refractivity contribution in [2.75, 3.05) is 0 Å². The van der Waals surface area contributed by atoms with Crippen LogP contribution in [0.25, 0.3) is 77.4 Å². The molecule has 0 aliphatic heterocycles. The molecular formula is C43H31N3S. The highest BCUT2D eigenvalue weighted by Crippen LogP contribution is 2.50. The van der Waals surface area contributed by atoms with Crippen molar-refractivity contribution in [3.8, 4) is 44.8 Å². The lowest BCUT2D eigenvalue weighted by atomic mass is 9.81. The first-order chi connectivity index (χ1) is 23.1. The topological polar surface area (TPSA) is 30.2 Å². The molecule has 0 fully saturated rings. The van der Waals surface area contributed by atoms with Crippen molar-refractivity contribution in [1.29, 1.82) is 0 Å². The van der Waals surface area contributed by atoms with E-state index in [9.17, 15) is 0 Å². The van der Waals surface area contributed by atoms with Gasteiger partial charge in [0.2, 0.25) is 0 Å². The Morgan fingerprint density at radius 3 is 2.26 bits per heavy atom. The fourth-order valence-electron chi connectivity index (χ4n) is 8.03. The van der Waals surface area contributed by atoms with Gasteiger partial charge in [-0.3, -0.25) is 4.40 Å². The predicted molar refractivity (Wildman–Crippen MR) is 197 cm³/mol. The van der Waals surface area contributed by atoms with Gasteiger partial charge in [-0.2, -0.15) is 0 Å². The Labute approximate surface area is 277 Å². The Morgan fingerprint density at radius 2 is 1.36 bits per heavy atom. The third-order valence-electron chi connectivity index (χ3n) is 10.4. The van der Waals surface area contributed by atoms with Crippen molar-refractivity contribution in [3.63, 3.8) is 0 Å². The number of hydrogen-bond acceptors (Lipinski definition) is 3. The van der Waals surface area contributed by atoms with Gasteiger partial charge in [0.1, 0.15) is 0 Å². The van der Waals surface area contributed by atoms with Gasteiger partial charge in [0.05, 0.1) is 0 Å². The zero-order valence-electron chi connectivity index (χ0n) is 26.3. The minimum absolute atomic E-state index is 0.0607. The number of nitrogens with zero attached hydrogens (tertiary/aromatic N) is 3. The lowest BCUT2D eigenvalue weighted by Crippen LogP contribution is -2.14. The molecule has 4 heteroatoms. The van der Waals surface area contributed by atoms with Crippen LogP contribution in [-0.4, -0.2) is 14.6 Å². The number of benzene rings is 5. The molecule has 3 heterocycles. The maximum absolute atomic E-state index is 4.76. The van der Waals surface area contributed by atoms with E-state index in [0.717, 1.165) is 35.3 Å². The number of allylic oxidation sites excluding steroid dienone is 1. The monoisotopic (exact) mass is 621 g/mol. The molecule has 0 radical (unpaired) electrons. The van der Waals surface area contributed by atoms with Crippen LogP contribution >= 0.6 is 11.3 Å². The molecule has 0 atom stereocenters. The highest BCUT2D eigenvalue weighted by atomic mass is 32.1. The molecule has 2 aliphatic carbocycles. The molecule has 3 aromatic heterocycles. The lowest BCUT2D eigenvalue weighted by Gasteiger charge is -2.22. The van der Waals surface area contributed by atoms with E-state index in [2.05, 4.69) is 146 Å². The molecular weight excluding hydrogens is 591 g/mol. The second kappa shape index (κ2) is 9.84. The van der Waals surface area contributed by atoms with Crippen LogP contribution in [0.2, 0.25) is 0 Å². The number of fused-ring (bicyclic) bond motifs is 9. The maximum Gasteiger partial charge on any atom is 0.169 e. The average Bonchev–Trinajstić information content (AvgIpc) is 3.79. The standard InChI is InChI=1S/C43H31N3S/c1-43(2)37-16-7-5-11-31(37)32-23-22-28(24-38(32)43)36-25-46-41(44-45-42(46)35-13-4-3-10-30(35)36)27-20-18-26(19-21-27)29-14-9-15-34-33-12-6-8-17-39(33)47-40(29)34/h3-5,7-11,13-25H,6,12H2,1-2H3. The second-order valence-electron chi connectivity index (χ2n) is 13.4. The molecule has 0 unspecified atom stereocenters. The summed E-state index contributed by atoms with van der Waals surface area (Å²) in [6.45, 7) is 4.68. The minimum Gasteiger partial charge on any atom is -0.281 e. The van der Waals surface area contributed by atoms with Gasteiger partial charge < -0.3 is 0 Å². The van der Waals surface area contributed by atoms with E-state index in [4.69, 9.17) is 10.2 Å². The normalized spacial score (nSPS) is 14.5. The SMILES string of the molecule is CC1(C)c2ccccc2-c2ccc(-c3cn4c(-c5ccc(-c6cccc7c8c(sc67)C=CCC8)cc5)nnc4c4ccccc34)cc21. The Balaban J connectivity index is 1.10. The number of pyridine rings is 1. The van der Waals surface area contributed by atoms with Gasteiger partial charge >= 0.3 is 0 Å². The molecule has 8 aromatic rings. The van der Waals surface area contributed by atoms with Crippen LogP contribution in [0, 0.1) is 0 Å². The predicted octanol–water partition coefficient (Wildman–Crippen LogP) is 11.4. The van der Waals surface area contributed by atoms with Gasteiger partial charge in [0, 0.05) is 37.7 Å². The third-order valence-corrected chi connectivity index (χ3v) is 11.7. The van der Waals surface area contributed by atoms with Crippen LogP contribution in [0.15, 0.2) is 121 Å². The van der Waals surface area contributed by atoms with Gasteiger partial charge in [-0.1, -0.05) is 123 Å². The van der Waals surface area contributed by atoms with Gasteiger partial charge in [0.15, 0.2) is 11.5 Å². The van der Waals surface area contributed by atoms with E-state index in [1.54, 1.807) is 0 Å². The van der Waals surface area contributed by atoms with E-state index >= 15 is 0 Å². The van der Waals surface area contributed by atoms with E-state index in [0.29, 0.717) is 0 Å². The summed E-state index contributed by atoms with van der Waals surface area (Å²) in [6.07, 6.45) is 9.09. The number of rotatable bonds is 3. The molecule has 2 aliphatic rings. The summed E-state index contributed by atoms with van der Waals surface area (Å²) in [5.74, 6) is 0.849. The van der Waals surface area contributed by atoms with Crippen molar-refractivity contribution >= 4 is 43.9 Å². The zero-order valence-corrected chi connectivity index (χ0v) is 27.1. The van der Waals surface area contributed by atoms with Crippen molar-refractivity contribution in [1.82, 2.24) is 14.6 Å². The Morgan fingerprint density at radius 1 is 0.638 bits per heavy atom. The number of thiophene rings is 1. The van der Waals surface area contributed by atoms with Crippen LogP contribution in [0.5, 0.6) is 0 Å². The van der Waals surface area contributed by atoms with E-state index in [1.165, 1.54) is 70.4 Å². The van der Waals surface area contributed by atoms with Crippen molar-refractivity contribution in [2.45, 2.75) is 32.1 Å². The third kappa shape index (κ3) is 3.85. The molecule has 0 N–H and O–H groups in total. The quantitative estimate of drug-likeness (QED) is 0.196. The number of hydrogen-bond donors (Lipinski definition) is 0. The molecule has 0 bridgehead atoms. The first-order valence-corrected chi connectivity index (χ1v) is 17.2. The minimum atomic E-state index is -0.0607. The molecule has 47 heavy (non-hydrogen) atoms. The van der Waals surface area contributed by atoms with Gasteiger partial charge in [0.25, 0.3) is 0 Å². The van der Waals surface area contributed by atoms with Crippen LogP contribution in [0.3, 0.4) is 0 Å². The molecule has 0 saturated heterocycles. The summed E-state index contributed by atoms with van der Waals surface area (Å²) in [4.78, 5) is 1.41. The van der Waals surface area contributed by atoms with Gasteiger partial charge in [-0.15, -0.1) is 21.5 Å². The van der Waals surface area contributed by atoms with Gasteiger partial charge in [-0.05, 0) is 80.3 Å². The van der Waals surface area contributed by atoms with Crippen molar-refractivity contribution in [2.24, 2.45) is 0 Å². The molecule has 0 saturated carbocycles. The first-order valence-electron chi connectivity index (χ1n) is 16.4. The van der Waals surface area contributed by atoms with Gasteiger partial charge in [-0.25, -0.2) is 0 Å². The molecule has 3 nitrogen and oxygen atoms in total. The summed E-state index contributed by atoms with van der Waals surface area (Å²) < 4.78 is 3.56. The molecule has 224 valence electrons. The smallest absolute Gasteiger partial charge is 0.169 e. The molecule has 5 aromatic carbocycles. The van der Waals surface area contributed by atoms with E-state index in [1.807, 2.05) is 11.3 Å². The van der Waals surface area contributed by atoms with E-state index < -0.39 is 0 Å². The summed E-state index contributed by atoms with van der Waals surface area (Å²) in [6, 6.07) is 40.0. The van der Waals surface area contributed by atoms with Crippen molar-refractivity contribution in [3.05, 3.63) is 143 Å². The van der Waals surface area contributed by atoms with Crippen LogP contribution < -0.4 is 0 Å². The fraction of sp³-hybridized carbons (Fsp3) is 0.116.